The van der Waals surface area contributed by atoms with Crippen molar-refractivity contribution in [3.8, 4) is 0 Å². The Morgan fingerprint density at radius 2 is 1.85 bits per heavy atom. The van der Waals surface area contributed by atoms with Crippen LogP contribution in [0, 0.1) is 5.92 Å². The molecule has 2 aromatic rings. The average Bonchev–Trinajstić information content (AvgIpc) is 3.10. The molecule has 1 aliphatic heterocycles. The lowest BCUT2D eigenvalue weighted by molar-refractivity contribution is -0.125. The van der Waals surface area contributed by atoms with E-state index >= 15 is 0 Å². The third-order valence-electron chi connectivity index (χ3n) is 5.30. The second-order valence-electron chi connectivity index (χ2n) is 7.85. The molecule has 1 fully saturated rings. The van der Waals surface area contributed by atoms with Crippen LogP contribution in [0.15, 0.2) is 12.3 Å². The van der Waals surface area contributed by atoms with E-state index in [0.29, 0.717) is 31.5 Å². The van der Waals surface area contributed by atoms with Crippen molar-refractivity contribution in [1.29, 1.82) is 0 Å². The molecule has 1 saturated heterocycles. The summed E-state index contributed by atoms with van der Waals surface area (Å²) in [5, 5.41) is 7.96. The van der Waals surface area contributed by atoms with Gasteiger partial charge in [-0.1, -0.05) is 13.8 Å². The summed E-state index contributed by atoms with van der Waals surface area (Å²) >= 11 is 0. The van der Waals surface area contributed by atoms with E-state index in [1.165, 1.54) is 0 Å². The van der Waals surface area contributed by atoms with E-state index in [1.54, 1.807) is 13.2 Å². The molecule has 1 N–H and O–H groups in total. The van der Waals surface area contributed by atoms with Crippen LogP contribution in [0.5, 0.6) is 0 Å². The molecule has 2 aromatic heterocycles. The van der Waals surface area contributed by atoms with Crippen LogP contribution in [0.25, 0.3) is 11.0 Å². The van der Waals surface area contributed by atoms with E-state index < -0.39 is 0 Å². The van der Waals surface area contributed by atoms with Gasteiger partial charge in [0.15, 0.2) is 5.65 Å². The van der Waals surface area contributed by atoms with Crippen LogP contribution < -0.4 is 5.32 Å². The Morgan fingerprint density at radius 1 is 1.19 bits per heavy atom. The zero-order valence-corrected chi connectivity index (χ0v) is 16.8. The third kappa shape index (κ3) is 3.68. The summed E-state index contributed by atoms with van der Waals surface area (Å²) < 4.78 is 1.87. The average molecular weight is 371 g/mol. The number of likely N-dealkylation sites (tertiary alicyclic amines) is 1. The van der Waals surface area contributed by atoms with Gasteiger partial charge in [0.25, 0.3) is 5.91 Å². The highest BCUT2D eigenvalue weighted by Crippen LogP contribution is 2.27. The van der Waals surface area contributed by atoms with Crippen LogP contribution in [-0.2, 0) is 4.79 Å². The Morgan fingerprint density at radius 3 is 2.41 bits per heavy atom. The molecule has 1 aliphatic rings. The summed E-state index contributed by atoms with van der Waals surface area (Å²) in [6.45, 7) is 9.45. The molecule has 0 atom stereocenters. The Bertz CT molecular complexity index is 847. The summed E-state index contributed by atoms with van der Waals surface area (Å²) in [4.78, 5) is 31.7. The van der Waals surface area contributed by atoms with Crippen LogP contribution in [0.3, 0.4) is 0 Å². The fourth-order valence-electron chi connectivity index (χ4n) is 3.61. The van der Waals surface area contributed by atoms with Crippen LogP contribution in [0.4, 0.5) is 0 Å². The zero-order chi connectivity index (χ0) is 19.7. The lowest BCUT2D eigenvalue weighted by atomic mass is 9.95. The molecule has 7 nitrogen and oxygen atoms in total. The molecule has 3 heterocycles. The second kappa shape index (κ2) is 7.66. The van der Waals surface area contributed by atoms with E-state index in [4.69, 9.17) is 4.98 Å². The van der Waals surface area contributed by atoms with Crippen molar-refractivity contribution in [2.75, 3.05) is 20.1 Å². The standard InChI is InChI=1S/C20H29N5O2/c1-12(2)17-10-15(16-11-22-25(13(3)4)18(16)23-17)20(27)24-8-6-14(7-9-24)19(26)21-5/h10-14H,6-9H2,1-5H3,(H,21,26). The topological polar surface area (TPSA) is 80.1 Å². The smallest absolute Gasteiger partial charge is 0.254 e. The molecule has 2 amide bonds. The number of carbonyl (C=O) groups is 2. The van der Waals surface area contributed by atoms with E-state index in [-0.39, 0.29) is 29.7 Å². The van der Waals surface area contributed by atoms with Crippen LogP contribution in [0.2, 0.25) is 0 Å². The van der Waals surface area contributed by atoms with Gasteiger partial charge < -0.3 is 10.2 Å². The fraction of sp³-hybridized carbons (Fsp3) is 0.600. The molecule has 27 heavy (non-hydrogen) atoms. The van der Waals surface area contributed by atoms with E-state index in [1.807, 2.05) is 15.6 Å². The summed E-state index contributed by atoms with van der Waals surface area (Å²) in [7, 11) is 1.66. The molecule has 3 rings (SSSR count). The molecule has 7 heteroatoms. The van der Waals surface area contributed by atoms with Gasteiger partial charge in [-0.2, -0.15) is 5.10 Å². The quantitative estimate of drug-likeness (QED) is 0.896. The number of fused-ring (bicyclic) bond motifs is 1. The van der Waals surface area contributed by atoms with Gasteiger partial charge in [0.1, 0.15) is 0 Å². The van der Waals surface area contributed by atoms with E-state index in [9.17, 15) is 9.59 Å². The minimum Gasteiger partial charge on any atom is -0.359 e. The number of pyridine rings is 1. The first kappa shape index (κ1) is 19.3. The molecule has 0 unspecified atom stereocenters. The normalized spacial score (nSPS) is 15.7. The Hall–Kier alpha value is -2.44. The molecular weight excluding hydrogens is 342 g/mol. The van der Waals surface area contributed by atoms with Gasteiger partial charge in [-0.3, -0.25) is 9.59 Å². The van der Waals surface area contributed by atoms with Gasteiger partial charge in [0.05, 0.1) is 17.1 Å². The number of rotatable bonds is 4. The second-order valence-corrected chi connectivity index (χ2v) is 7.85. The minimum atomic E-state index is -0.00794. The van der Waals surface area contributed by atoms with Crippen molar-refractivity contribution < 1.29 is 9.59 Å². The van der Waals surface area contributed by atoms with Gasteiger partial charge in [0, 0.05) is 37.8 Å². The van der Waals surface area contributed by atoms with E-state index in [2.05, 4.69) is 38.1 Å². The Kier molecular flexibility index (Phi) is 5.48. The van der Waals surface area contributed by atoms with Crippen LogP contribution >= 0.6 is 0 Å². The van der Waals surface area contributed by atoms with Crippen molar-refractivity contribution in [1.82, 2.24) is 25.0 Å². The third-order valence-corrected chi connectivity index (χ3v) is 5.30. The molecule has 0 bridgehead atoms. The molecule has 146 valence electrons. The van der Waals surface area contributed by atoms with Gasteiger partial charge >= 0.3 is 0 Å². The first-order valence-electron chi connectivity index (χ1n) is 9.72. The fourth-order valence-corrected chi connectivity index (χ4v) is 3.61. The monoisotopic (exact) mass is 371 g/mol. The largest absolute Gasteiger partial charge is 0.359 e. The Labute approximate surface area is 160 Å². The molecule has 0 saturated carbocycles. The molecule has 0 aromatic carbocycles. The number of hydrogen-bond acceptors (Lipinski definition) is 4. The van der Waals surface area contributed by atoms with Crippen molar-refractivity contribution in [3.63, 3.8) is 0 Å². The highest BCUT2D eigenvalue weighted by atomic mass is 16.2. The Balaban J connectivity index is 1.94. The first-order valence-corrected chi connectivity index (χ1v) is 9.72. The number of nitrogens with one attached hydrogen (secondary N) is 1. The van der Waals surface area contributed by atoms with Crippen molar-refractivity contribution in [2.45, 2.75) is 52.5 Å². The lowest BCUT2D eigenvalue weighted by Gasteiger charge is -2.31. The number of hydrogen-bond donors (Lipinski definition) is 1. The molecular formula is C20H29N5O2. The lowest BCUT2D eigenvalue weighted by Crippen LogP contribution is -2.42. The van der Waals surface area contributed by atoms with Gasteiger partial charge in [-0.05, 0) is 38.7 Å². The molecule has 0 spiro atoms. The van der Waals surface area contributed by atoms with Crippen molar-refractivity contribution in [2.24, 2.45) is 5.92 Å². The van der Waals surface area contributed by atoms with E-state index in [0.717, 1.165) is 16.7 Å². The maximum Gasteiger partial charge on any atom is 0.254 e. The molecule has 0 aliphatic carbocycles. The van der Waals surface area contributed by atoms with Crippen LogP contribution in [-0.4, -0.2) is 51.6 Å². The maximum absolute atomic E-state index is 13.3. The highest BCUT2D eigenvalue weighted by molar-refractivity contribution is 6.05. The van der Waals surface area contributed by atoms with Gasteiger partial charge in [-0.15, -0.1) is 0 Å². The SMILES string of the molecule is CNC(=O)C1CCN(C(=O)c2cc(C(C)C)nc3c2cnn3C(C)C)CC1. The zero-order valence-electron chi connectivity index (χ0n) is 16.8. The highest BCUT2D eigenvalue weighted by Gasteiger charge is 2.29. The van der Waals surface area contributed by atoms with Crippen LogP contribution in [0.1, 0.15) is 68.5 Å². The number of carbonyl (C=O) groups excluding carboxylic acids is 2. The number of nitrogens with zero attached hydrogens (tertiary/aromatic N) is 4. The maximum atomic E-state index is 13.3. The van der Waals surface area contributed by atoms with Gasteiger partial charge in [-0.25, -0.2) is 9.67 Å². The summed E-state index contributed by atoms with van der Waals surface area (Å²) in [6.07, 6.45) is 3.14. The van der Waals surface area contributed by atoms with Crippen molar-refractivity contribution >= 4 is 22.8 Å². The summed E-state index contributed by atoms with van der Waals surface area (Å²) in [5.41, 5.74) is 2.32. The molecule has 0 radical (unpaired) electrons. The van der Waals surface area contributed by atoms with Crippen molar-refractivity contribution in [3.05, 3.63) is 23.5 Å². The predicted molar refractivity (Wildman–Crippen MR) is 105 cm³/mol. The predicted octanol–water partition coefficient (Wildman–Crippen LogP) is 2.73. The summed E-state index contributed by atoms with van der Waals surface area (Å²) in [5.74, 6) is 0.276. The minimum absolute atomic E-state index is 0.00274. The number of aromatic nitrogens is 3. The van der Waals surface area contributed by atoms with Gasteiger partial charge in [0.2, 0.25) is 5.91 Å². The first-order chi connectivity index (χ1) is 12.8. The number of piperidine rings is 1. The summed E-state index contributed by atoms with van der Waals surface area (Å²) in [6, 6.07) is 2.08. The number of amides is 2.